The lowest BCUT2D eigenvalue weighted by Gasteiger charge is -2.32. The quantitative estimate of drug-likeness (QED) is 0.0284. The maximum Gasteiger partial charge on any atom is 0.490 e. The van der Waals surface area contributed by atoms with Gasteiger partial charge in [0.2, 0.25) is 17.7 Å². The highest BCUT2D eigenvalue weighted by Gasteiger charge is 2.65. The van der Waals surface area contributed by atoms with Gasteiger partial charge in [-0.25, -0.2) is 38.2 Å². The molecule has 4 saturated heterocycles. The van der Waals surface area contributed by atoms with Crippen molar-refractivity contribution < 1.29 is 104 Å². The number of anilines is 3. The SMILES string of the molecule is Cn1c[n+]([C@@H]2O[C@H](COP(=O)(O)OP(=O)(O)OP(=O)(O)OC[C@]34CO[C@@H](C3OP(O)(=S)OC[C@H]3O[C@@H](n5cnc6c(=O)[nH]c(N)nc65)[C@@H](O)C3O)[C@H](n3cnc5c(N)ncnc53)O4)[C@H](O)C2O)c2nc(N)[nH]c(=O)c21. The second kappa shape index (κ2) is 19.3. The van der Waals surface area contributed by atoms with Crippen molar-refractivity contribution in [3.63, 3.8) is 0 Å². The van der Waals surface area contributed by atoms with Gasteiger partial charge in [-0.3, -0.25) is 46.8 Å². The number of hydrogen-bond acceptors (Lipinski definition) is 29. The van der Waals surface area contributed by atoms with E-state index in [0.29, 0.717) is 0 Å². The molecule has 4 aliphatic rings. The Hall–Kier alpha value is -4.73. The molecule has 10 rings (SSSR count). The van der Waals surface area contributed by atoms with Gasteiger partial charge in [0.1, 0.15) is 66.3 Å². The molecule has 0 amide bonds. The number of phosphoric ester groups is 2. The molecule has 0 radical (unpaired) electrons. The number of nitrogen functional groups attached to an aromatic ring is 3. The predicted molar refractivity (Wildman–Crippen MR) is 244 cm³/mol. The predicted octanol–water partition coefficient (Wildman–Crippen LogP) is -4.84. The Kier molecular flexibility index (Phi) is 13.8. The van der Waals surface area contributed by atoms with Crippen LogP contribution < -0.4 is 32.9 Å². The lowest BCUT2D eigenvalue weighted by molar-refractivity contribution is -0.745. The van der Waals surface area contributed by atoms with Gasteiger partial charge in [-0.2, -0.15) is 13.6 Å². The summed E-state index contributed by atoms with van der Waals surface area (Å²) in [4.78, 5) is 96.6. The van der Waals surface area contributed by atoms with Crippen molar-refractivity contribution in [2.45, 2.75) is 73.1 Å². The van der Waals surface area contributed by atoms with Crippen LogP contribution in [0.5, 0.6) is 0 Å². The molecule has 6 aromatic rings. The number of aromatic amines is 2. The van der Waals surface area contributed by atoms with E-state index >= 15 is 0 Å². The second-order valence-corrected chi connectivity index (χ2v) is 24.4. The molecule has 75 heavy (non-hydrogen) atoms. The van der Waals surface area contributed by atoms with Gasteiger partial charge in [-0.1, -0.05) is 4.98 Å². The number of aliphatic hydroxyl groups is 4. The highest BCUT2D eigenvalue weighted by molar-refractivity contribution is 8.07. The van der Waals surface area contributed by atoms with E-state index < -0.39 is 141 Å². The molecule has 16 atom stereocenters. The summed E-state index contributed by atoms with van der Waals surface area (Å²) in [5, 5.41) is 43.4. The second-order valence-electron chi connectivity index (χ2n) is 17.0. The molecule has 6 aromatic heterocycles. The van der Waals surface area contributed by atoms with Crippen LogP contribution in [0.3, 0.4) is 0 Å². The van der Waals surface area contributed by atoms with Crippen LogP contribution >= 0.6 is 30.2 Å². The van der Waals surface area contributed by atoms with Crippen molar-refractivity contribution in [3.8, 4) is 0 Å². The summed E-state index contributed by atoms with van der Waals surface area (Å²) in [5.41, 5.74) is 13.6. The number of phosphoric acid groups is 3. The number of rotatable bonds is 18. The van der Waals surface area contributed by atoms with E-state index in [1.807, 2.05) is 0 Å². The van der Waals surface area contributed by atoms with Gasteiger partial charge in [-0.15, -0.1) is 0 Å². The van der Waals surface area contributed by atoms with Crippen LogP contribution in [0.15, 0.2) is 34.9 Å². The first-order valence-electron chi connectivity index (χ1n) is 21.3. The van der Waals surface area contributed by atoms with Crippen molar-refractivity contribution in [3.05, 3.63) is 46.0 Å². The van der Waals surface area contributed by atoms with Crippen LogP contribution in [0.4, 0.5) is 17.7 Å². The Labute approximate surface area is 419 Å². The highest BCUT2D eigenvalue weighted by Crippen LogP contribution is 2.68. The van der Waals surface area contributed by atoms with E-state index in [9.17, 15) is 63.3 Å². The fourth-order valence-electron chi connectivity index (χ4n) is 8.73. The fraction of sp³-hybridized carbons (Fsp3) is 0.531. The molecule has 4 aliphatic heterocycles. The van der Waals surface area contributed by atoms with E-state index in [1.54, 1.807) is 0 Å². The highest BCUT2D eigenvalue weighted by atomic mass is 32.5. The van der Waals surface area contributed by atoms with Gasteiger partial charge in [0.05, 0.1) is 46.1 Å². The standard InChI is InChI=1S/C32H41N15O23P4S/c1-44-9-47(24-14(44)26(53)43-31(35)41-24)28-18(51)15(48)10(66-28)2-62-71(54,55)69-73(58,59)70-72(56,57)64-5-32-4-61-19(29(67-32)45-7-38-12-21(33)36-6-37-22(12)45)20(32)68-74(60,75)63-3-11-16(49)17(50)27(65-11)46-8-39-13-23(46)40-30(34)42-25(13)52/h6-11,15-20,27-29,48-51H,2-5H2,1H3,(H11-,33,34,35,36,37,40,41,42,43,52,53,54,55,56,57,58,59,60,75)/p+1/t10-,11-,15+,16?,17+,18?,19+,20?,27-,28-,29-,32-,74?/m1/s1. The molecule has 0 aliphatic carbocycles. The minimum atomic E-state index is -6.18. The summed E-state index contributed by atoms with van der Waals surface area (Å²) >= 11 is 5.31. The summed E-state index contributed by atoms with van der Waals surface area (Å²) in [6.45, 7) is -8.27. The first kappa shape index (κ1) is 53.7. The molecule has 0 saturated carbocycles. The zero-order valence-corrected chi connectivity index (χ0v) is 42.0. The number of nitrogens with two attached hydrogens (primary N) is 3. The molecule has 16 N–H and O–H groups in total. The monoisotopic (exact) mass is 1160 g/mol. The van der Waals surface area contributed by atoms with E-state index in [2.05, 4.69) is 48.5 Å². The van der Waals surface area contributed by atoms with Gasteiger partial charge >= 0.3 is 35.8 Å². The molecule has 2 bridgehead atoms. The molecule has 43 heteroatoms. The molecular formula is C32H42N15O23P4S+. The molecule has 0 aromatic carbocycles. The largest absolute Gasteiger partial charge is 0.490 e. The number of nitrogens with zero attached hydrogens (tertiary/aromatic N) is 10. The van der Waals surface area contributed by atoms with Crippen LogP contribution in [0.2, 0.25) is 0 Å². The summed E-state index contributed by atoms with van der Waals surface area (Å²) in [6.07, 6.45) is -12.8. The molecule has 408 valence electrons. The molecule has 38 nitrogen and oxygen atoms in total. The summed E-state index contributed by atoms with van der Waals surface area (Å²) in [5.74, 6) is -0.634. The molecule has 10 heterocycles. The lowest BCUT2D eigenvalue weighted by atomic mass is 10.0. The number of nitrogens with one attached hydrogen (secondary N) is 2. The minimum absolute atomic E-state index is 0.0147. The zero-order valence-electron chi connectivity index (χ0n) is 37.6. The average molecular weight is 1160 g/mol. The van der Waals surface area contributed by atoms with E-state index in [1.165, 1.54) is 28.8 Å². The Morgan fingerprint density at radius 1 is 0.787 bits per heavy atom. The van der Waals surface area contributed by atoms with E-state index in [4.69, 9.17) is 66.1 Å². The maximum atomic E-state index is 13.3. The van der Waals surface area contributed by atoms with Gasteiger partial charge in [0.15, 0.2) is 41.4 Å². The van der Waals surface area contributed by atoms with Crippen molar-refractivity contribution in [1.82, 2.24) is 53.6 Å². The molecule has 7 unspecified atom stereocenters. The number of H-pyrrole nitrogens is 2. The van der Waals surface area contributed by atoms with Crippen LogP contribution in [-0.2, 0) is 78.2 Å². The number of aliphatic hydroxyl groups excluding tert-OH is 4. The van der Waals surface area contributed by atoms with E-state index in [0.717, 1.165) is 21.8 Å². The molecular weight excluding hydrogens is 1120 g/mol. The van der Waals surface area contributed by atoms with Crippen LogP contribution in [0.1, 0.15) is 18.7 Å². The average Bonchev–Trinajstić information content (AvgIpc) is 4.23. The Balaban J connectivity index is 0.809. The van der Waals surface area contributed by atoms with Gasteiger partial charge in [0.25, 0.3) is 17.1 Å². The third-order valence-corrected chi connectivity index (χ3v) is 17.8. The van der Waals surface area contributed by atoms with Gasteiger partial charge in [-0.05, 0) is 11.8 Å². The van der Waals surface area contributed by atoms with Gasteiger partial charge in [0, 0.05) is 0 Å². The Bertz CT molecular complexity index is 3550. The smallest absolute Gasteiger partial charge is 0.387 e. The number of fused-ring (bicyclic) bond motifs is 5. The third-order valence-electron chi connectivity index (χ3n) is 12.0. The Morgan fingerprint density at radius 3 is 2.15 bits per heavy atom. The van der Waals surface area contributed by atoms with Crippen molar-refractivity contribution in [2.24, 2.45) is 7.05 Å². The maximum absolute atomic E-state index is 13.3. The van der Waals surface area contributed by atoms with Crippen molar-refractivity contribution in [2.75, 3.05) is 43.6 Å². The number of hydrogen-bond donors (Lipinski definition) is 13. The third kappa shape index (κ3) is 10.1. The molecule has 4 fully saturated rings. The first-order valence-corrected chi connectivity index (χ1v) is 28.3. The lowest BCUT2D eigenvalue weighted by Crippen LogP contribution is -2.46. The molecule has 0 spiro atoms. The summed E-state index contributed by atoms with van der Waals surface area (Å²) in [7, 11) is -16.5. The number of ether oxygens (including phenoxy) is 4. The summed E-state index contributed by atoms with van der Waals surface area (Å²) < 4.78 is 97.5. The normalized spacial score (nSPS) is 32.0. The first-order chi connectivity index (χ1) is 35.2. The number of aromatic nitrogens is 12. The fourth-order valence-corrected chi connectivity index (χ4v) is 13.8. The number of imidazole rings is 3. The van der Waals surface area contributed by atoms with E-state index in [-0.39, 0.29) is 51.2 Å². The Morgan fingerprint density at radius 2 is 1.41 bits per heavy atom. The van der Waals surface area contributed by atoms with Crippen LogP contribution in [-0.4, -0.2) is 174 Å². The van der Waals surface area contributed by atoms with Crippen LogP contribution in [0.25, 0.3) is 33.5 Å². The zero-order chi connectivity index (χ0) is 53.9. The van der Waals surface area contributed by atoms with Crippen molar-refractivity contribution in [1.29, 1.82) is 0 Å². The van der Waals surface area contributed by atoms with Crippen LogP contribution in [0, 0.1) is 0 Å². The number of aryl methyl sites for hydroxylation is 1. The van der Waals surface area contributed by atoms with Gasteiger partial charge < -0.3 is 80.7 Å². The summed E-state index contributed by atoms with van der Waals surface area (Å²) in [6, 6.07) is 0. The van der Waals surface area contributed by atoms with Crippen molar-refractivity contribution >= 4 is 93.2 Å². The topological polar surface area (TPSA) is 545 Å². The minimum Gasteiger partial charge on any atom is -0.387 e.